The standard InChI is InChI=1S/C17H19ClN2O2/c18-16-4-2-1-3-14(16)12-22-15-7-5-13(6-8-15)9-10-20-11-17(19)21/h1-8,20H,9-12H2,(H2,19,21). The van der Waals surface area contributed by atoms with Crippen LogP contribution in [0, 0.1) is 0 Å². The summed E-state index contributed by atoms with van der Waals surface area (Å²) >= 11 is 6.09. The molecule has 0 saturated heterocycles. The van der Waals surface area contributed by atoms with E-state index in [9.17, 15) is 4.79 Å². The smallest absolute Gasteiger partial charge is 0.231 e. The Morgan fingerprint density at radius 1 is 1.14 bits per heavy atom. The SMILES string of the molecule is NC(=O)CNCCc1ccc(OCc2ccccc2Cl)cc1. The van der Waals surface area contributed by atoms with Crippen LogP contribution in [0.25, 0.3) is 0 Å². The molecule has 1 amide bonds. The van der Waals surface area contributed by atoms with E-state index >= 15 is 0 Å². The summed E-state index contributed by atoms with van der Waals surface area (Å²) in [5.41, 5.74) is 7.19. The summed E-state index contributed by atoms with van der Waals surface area (Å²) in [5.74, 6) is 0.456. The highest BCUT2D eigenvalue weighted by Gasteiger charge is 2.01. The van der Waals surface area contributed by atoms with Crippen molar-refractivity contribution < 1.29 is 9.53 Å². The zero-order valence-electron chi connectivity index (χ0n) is 12.2. The molecule has 2 aromatic rings. The Balaban J connectivity index is 1.79. The highest BCUT2D eigenvalue weighted by Crippen LogP contribution is 2.19. The van der Waals surface area contributed by atoms with Crippen molar-refractivity contribution in [1.82, 2.24) is 5.32 Å². The van der Waals surface area contributed by atoms with Crippen LogP contribution in [0.3, 0.4) is 0 Å². The van der Waals surface area contributed by atoms with Crippen molar-refractivity contribution in [1.29, 1.82) is 0 Å². The van der Waals surface area contributed by atoms with Crippen LogP contribution < -0.4 is 15.8 Å². The number of hydrogen-bond donors (Lipinski definition) is 2. The number of nitrogens with one attached hydrogen (secondary N) is 1. The third-order valence-electron chi connectivity index (χ3n) is 3.17. The second kappa shape index (κ2) is 8.41. The van der Waals surface area contributed by atoms with Gasteiger partial charge in [0.25, 0.3) is 0 Å². The second-order valence-electron chi connectivity index (χ2n) is 4.92. The molecule has 5 heteroatoms. The van der Waals surface area contributed by atoms with Crippen molar-refractivity contribution in [3.63, 3.8) is 0 Å². The van der Waals surface area contributed by atoms with E-state index in [1.807, 2.05) is 48.5 Å². The van der Waals surface area contributed by atoms with Crippen molar-refractivity contribution in [2.75, 3.05) is 13.1 Å². The Hall–Kier alpha value is -2.04. The van der Waals surface area contributed by atoms with Crippen LogP contribution in [0.2, 0.25) is 5.02 Å². The zero-order chi connectivity index (χ0) is 15.8. The lowest BCUT2D eigenvalue weighted by Gasteiger charge is -2.09. The van der Waals surface area contributed by atoms with Gasteiger partial charge in [-0.1, -0.05) is 41.9 Å². The molecule has 2 aromatic carbocycles. The molecule has 0 spiro atoms. The first kappa shape index (κ1) is 16.3. The minimum absolute atomic E-state index is 0.207. The minimum atomic E-state index is -0.344. The number of nitrogens with two attached hydrogens (primary N) is 1. The van der Waals surface area contributed by atoms with Crippen molar-refractivity contribution in [3.05, 3.63) is 64.7 Å². The van der Waals surface area contributed by atoms with E-state index in [2.05, 4.69) is 5.32 Å². The van der Waals surface area contributed by atoms with Crippen LogP contribution in [0.15, 0.2) is 48.5 Å². The number of ether oxygens (including phenoxy) is 1. The molecule has 116 valence electrons. The second-order valence-corrected chi connectivity index (χ2v) is 5.32. The normalized spacial score (nSPS) is 10.4. The molecule has 4 nitrogen and oxygen atoms in total. The van der Waals surface area contributed by atoms with Crippen molar-refractivity contribution in [3.8, 4) is 5.75 Å². The predicted molar refractivity (Wildman–Crippen MR) is 88.0 cm³/mol. The molecule has 3 N–H and O–H groups in total. The van der Waals surface area contributed by atoms with E-state index in [1.165, 1.54) is 5.56 Å². The minimum Gasteiger partial charge on any atom is -0.489 e. The predicted octanol–water partition coefficient (Wildman–Crippen LogP) is 2.54. The molecule has 0 fully saturated rings. The molecule has 22 heavy (non-hydrogen) atoms. The molecular formula is C17H19ClN2O2. The van der Waals surface area contributed by atoms with Crippen LogP contribution in [-0.2, 0) is 17.8 Å². The number of carbonyl (C=O) groups excluding carboxylic acids is 1. The molecule has 0 aliphatic heterocycles. The number of benzene rings is 2. The fourth-order valence-corrected chi connectivity index (χ4v) is 2.16. The first-order valence-electron chi connectivity index (χ1n) is 7.09. The molecule has 0 bridgehead atoms. The number of carbonyl (C=O) groups is 1. The van der Waals surface area contributed by atoms with E-state index in [4.69, 9.17) is 22.1 Å². The first-order chi connectivity index (χ1) is 10.6. The van der Waals surface area contributed by atoms with Gasteiger partial charge >= 0.3 is 0 Å². The molecule has 0 saturated carbocycles. The summed E-state index contributed by atoms with van der Waals surface area (Å²) in [6.07, 6.45) is 0.831. The van der Waals surface area contributed by atoms with Gasteiger partial charge in [0.05, 0.1) is 6.54 Å². The number of amides is 1. The molecule has 2 rings (SSSR count). The maximum Gasteiger partial charge on any atom is 0.231 e. The first-order valence-corrected chi connectivity index (χ1v) is 7.47. The van der Waals surface area contributed by atoms with Gasteiger partial charge in [-0.3, -0.25) is 4.79 Å². The number of halogens is 1. The zero-order valence-corrected chi connectivity index (χ0v) is 13.0. The molecule has 0 aromatic heterocycles. The van der Waals surface area contributed by atoms with Gasteiger partial charge in [0, 0.05) is 10.6 Å². The van der Waals surface area contributed by atoms with Crippen molar-refractivity contribution in [2.24, 2.45) is 5.73 Å². The Morgan fingerprint density at radius 2 is 1.86 bits per heavy atom. The van der Waals surface area contributed by atoms with Crippen LogP contribution in [-0.4, -0.2) is 19.0 Å². The summed E-state index contributed by atoms with van der Waals surface area (Å²) in [7, 11) is 0. The molecule has 0 aliphatic rings. The Kier molecular flexibility index (Phi) is 6.25. The monoisotopic (exact) mass is 318 g/mol. The summed E-state index contributed by atoms with van der Waals surface area (Å²) in [5, 5.41) is 3.69. The molecule has 0 heterocycles. The largest absolute Gasteiger partial charge is 0.489 e. The van der Waals surface area contributed by atoms with E-state index in [0.29, 0.717) is 18.2 Å². The quantitative estimate of drug-likeness (QED) is 0.735. The van der Waals surface area contributed by atoms with Crippen LogP contribution in [0.1, 0.15) is 11.1 Å². The van der Waals surface area contributed by atoms with Gasteiger partial charge in [-0.15, -0.1) is 0 Å². The van der Waals surface area contributed by atoms with E-state index in [1.54, 1.807) is 0 Å². The van der Waals surface area contributed by atoms with Gasteiger partial charge < -0.3 is 15.8 Å². The maximum absolute atomic E-state index is 10.6. The molecule has 0 atom stereocenters. The van der Waals surface area contributed by atoms with E-state index in [0.717, 1.165) is 17.7 Å². The Labute approximate surface area is 135 Å². The Bertz CT molecular complexity index is 614. The van der Waals surface area contributed by atoms with E-state index in [-0.39, 0.29) is 12.5 Å². The van der Waals surface area contributed by atoms with Gasteiger partial charge in [0.2, 0.25) is 5.91 Å². The molecule has 0 aliphatic carbocycles. The van der Waals surface area contributed by atoms with Crippen molar-refractivity contribution in [2.45, 2.75) is 13.0 Å². The summed E-state index contributed by atoms with van der Waals surface area (Å²) in [6, 6.07) is 15.5. The summed E-state index contributed by atoms with van der Waals surface area (Å²) in [6.45, 7) is 1.36. The highest BCUT2D eigenvalue weighted by atomic mass is 35.5. The van der Waals surface area contributed by atoms with Gasteiger partial charge in [0.1, 0.15) is 12.4 Å². The lowest BCUT2D eigenvalue weighted by Crippen LogP contribution is -2.29. The number of hydrogen-bond acceptors (Lipinski definition) is 3. The van der Waals surface area contributed by atoms with Crippen LogP contribution >= 0.6 is 11.6 Å². The fourth-order valence-electron chi connectivity index (χ4n) is 1.97. The third kappa shape index (κ3) is 5.39. The third-order valence-corrected chi connectivity index (χ3v) is 3.53. The summed E-state index contributed by atoms with van der Waals surface area (Å²) < 4.78 is 5.72. The van der Waals surface area contributed by atoms with Gasteiger partial charge in [-0.05, 0) is 36.7 Å². The molecule has 0 unspecified atom stereocenters. The molecule has 0 radical (unpaired) electrons. The number of primary amides is 1. The maximum atomic E-state index is 10.6. The topological polar surface area (TPSA) is 64.4 Å². The number of rotatable bonds is 8. The van der Waals surface area contributed by atoms with Crippen LogP contribution in [0.5, 0.6) is 5.75 Å². The lowest BCUT2D eigenvalue weighted by atomic mass is 10.1. The Morgan fingerprint density at radius 3 is 2.55 bits per heavy atom. The van der Waals surface area contributed by atoms with Gasteiger partial charge in [-0.25, -0.2) is 0 Å². The molecular weight excluding hydrogens is 300 g/mol. The van der Waals surface area contributed by atoms with Crippen molar-refractivity contribution >= 4 is 17.5 Å². The van der Waals surface area contributed by atoms with E-state index < -0.39 is 0 Å². The fraction of sp³-hybridized carbons (Fsp3) is 0.235. The average Bonchev–Trinajstić information content (AvgIpc) is 2.52. The van der Waals surface area contributed by atoms with Gasteiger partial charge in [0.15, 0.2) is 0 Å². The van der Waals surface area contributed by atoms with Gasteiger partial charge in [-0.2, -0.15) is 0 Å². The lowest BCUT2D eigenvalue weighted by molar-refractivity contribution is -0.117. The highest BCUT2D eigenvalue weighted by molar-refractivity contribution is 6.31. The summed E-state index contributed by atoms with van der Waals surface area (Å²) in [4.78, 5) is 10.6. The van der Waals surface area contributed by atoms with Crippen LogP contribution in [0.4, 0.5) is 0 Å². The average molecular weight is 319 g/mol.